The van der Waals surface area contributed by atoms with Crippen LogP contribution in [0.5, 0.6) is 5.75 Å². The van der Waals surface area contributed by atoms with Crippen LogP contribution in [0.2, 0.25) is 0 Å². The quantitative estimate of drug-likeness (QED) is 0.635. The molecule has 0 unspecified atom stereocenters. The standard InChI is InChI=1S/C23H18N2O4/c24-20(26)14-29-17-12-10-16(11-13-17)25-23(15-6-2-1-3-7-15)21(27)18-8-4-5-9-19(18)22(23)28/h1-13,25H,14H2,(H2,24,26). The van der Waals surface area contributed by atoms with Gasteiger partial charge in [-0.2, -0.15) is 0 Å². The molecule has 4 rings (SSSR count). The summed E-state index contributed by atoms with van der Waals surface area (Å²) < 4.78 is 5.26. The van der Waals surface area contributed by atoms with E-state index in [0.29, 0.717) is 28.1 Å². The lowest BCUT2D eigenvalue weighted by molar-refractivity contribution is -0.119. The van der Waals surface area contributed by atoms with Gasteiger partial charge in [-0.3, -0.25) is 14.4 Å². The zero-order valence-corrected chi connectivity index (χ0v) is 15.4. The predicted molar refractivity (Wildman–Crippen MR) is 108 cm³/mol. The van der Waals surface area contributed by atoms with E-state index in [2.05, 4.69) is 5.32 Å². The molecule has 0 saturated carbocycles. The fourth-order valence-corrected chi connectivity index (χ4v) is 3.53. The normalized spacial score (nSPS) is 14.3. The van der Waals surface area contributed by atoms with Gasteiger partial charge in [-0.15, -0.1) is 0 Å². The first-order valence-corrected chi connectivity index (χ1v) is 9.06. The number of ether oxygens (including phenoxy) is 1. The third-order valence-electron chi connectivity index (χ3n) is 4.87. The van der Waals surface area contributed by atoms with E-state index >= 15 is 0 Å². The average Bonchev–Trinajstić information content (AvgIpc) is 2.97. The molecule has 144 valence electrons. The number of ketones is 2. The number of rotatable bonds is 6. The van der Waals surface area contributed by atoms with Gasteiger partial charge in [0.1, 0.15) is 5.75 Å². The number of anilines is 1. The number of nitrogens with one attached hydrogen (secondary N) is 1. The molecular weight excluding hydrogens is 368 g/mol. The molecule has 3 aromatic carbocycles. The lowest BCUT2D eigenvalue weighted by atomic mass is 9.84. The van der Waals surface area contributed by atoms with Crippen LogP contribution in [0.1, 0.15) is 26.3 Å². The number of fused-ring (bicyclic) bond motifs is 1. The number of carbonyl (C=O) groups is 3. The molecule has 3 aromatic rings. The summed E-state index contributed by atoms with van der Waals surface area (Å²) in [7, 11) is 0. The van der Waals surface area contributed by atoms with Crippen molar-refractivity contribution in [3.05, 3.63) is 95.6 Å². The van der Waals surface area contributed by atoms with E-state index in [9.17, 15) is 14.4 Å². The highest BCUT2D eigenvalue weighted by atomic mass is 16.5. The van der Waals surface area contributed by atoms with Crippen molar-refractivity contribution in [2.75, 3.05) is 11.9 Å². The average molecular weight is 386 g/mol. The highest BCUT2D eigenvalue weighted by molar-refractivity contribution is 6.34. The van der Waals surface area contributed by atoms with Crippen LogP contribution in [-0.4, -0.2) is 24.1 Å². The van der Waals surface area contributed by atoms with E-state index in [0.717, 1.165) is 0 Å². The van der Waals surface area contributed by atoms with Crippen LogP contribution in [0.4, 0.5) is 5.69 Å². The summed E-state index contributed by atoms with van der Waals surface area (Å²) in [5, 5.41) is 3.16. The molecule has 1 aliphatic rings. The van der Waals surface area contributed by atoms with Crippen LogP contribution >= 0.6 is 0 Å². The van der Waals surface area contributed by atoms with Gasteiger partial charge < -0.3 is 15.8 Å². The molecule has 3 N–H and O–H groups in total. The number of hydrogen-bond acceptors (Lipinski definition) is 5. The van der Waals surface area contributed by atoms with E-state index in [4.69, 9.17) is 10.5 Å². The molecule has 0 heterocycles. The van der Waals surface area contributed by atoms with Crippen LogP contribution in [0, 0.1) is 0 Å². The van der Waals surface area contributed by atoms with Crippen LogP contribution < -0.4 is 15.8 Å². The number of carbonyl (C=O) groups excluding carboxylic acids is 3. The Hall–Kier alpha value is -3.93. The second-order valence-corrected chi connectivity index (χ2v) is 6.72. The molecule has 0 spiro atoms. The van der Waals surface area contributed by atoms with Crippen LogP contribution in [0.3, 0.4) is 0 Å². The smallest absolute Gasteiger partial charge is 0.255 e. The topological polar surface area (TPSA) is 98.5 Å². The van der Waals surface area contributed by atoms with Crippen molar-refractivity contribution >= 4 is 23.2 Å². The minimum absolute atomic E-state index is 0.229. The maximum Gasteiger partial charge on any atom is 0.255 e. The maximum atomic E-state index is 13.4. The van der Waals surface area contributed by atoms with Gasteiger partial charge >= 0.3 is 0 Å². The Balaban J connectivity index is 1.73. The molecule has 0 radical (unpaired) electrons. The monoisotopic (exact) mass is 386 g/mol. The summed E-state index contributed by atoms with van der Waals surface area (Å²) in [5.74, 6) is -0.706. The van der Waals surface area contributed by atoms with Crippen LogP contribution in [0.15, 0.2) is 78.9 Å². The van der Waals surface area contributed by atoms with Crippen molar-refractivity contribution in [1.82, 2.24) is 0 Å². The molecule has 0 saturated heterocycles. The number of primary amides is 1. The number of hydrogen-bond donors (Lipinski definition) is 2. The first kappa shape index (κ1) is 18.4. The van der Waals surface area contributed by atoms with Crippen molar-refractivity contribution < 1.29 is 19.1 Å². The van der Waals surface area contributed by atoms with Crippen molar-refractivity contribution in [1.29, 1.82) is 0 Å². The number of nitrogens with two attached hydrogens (primary N) is 1. The Morgan fingerprint density at radius 1 is 0.828 bits per heavy atom. The first-order valence-electron chi connectivity index (χ1n) is 9.06. The highest BCUT2D eigenvalue weighted by Gasteiger charge is 2.54. The zero-order valence-electron chi connectivity index (χ0n) is 15.4. The van der Waals surface area contributed by atoms with E-state index in [1.807, 2.05) is 6.07 Å². The SMILES string of the molecule is NC(=O)COc1ccc(NC2(c3ccccc3)C(=O)c3ccccc3C2=O)cc1. The minimum Gasteiger partial charge on any atom is -0.484 e. The van der Waals surface area contributed by atoms with E-state index in [1.165, 1.54) is 0 Å². The van der Waals surface area contributed by atoms with E-state index in [1.54, 1.807) is 72.8 Å². The van der Waals surface area contributed by atoms with Gasteiger partial charge in [0.15, 0.2) is 12.1 Å². The number of benzene rings is 3. The van der Waals surface area contributed by atoms with E-state index < -0.39 is 11.4 Å². The van der Waals surface area contributed by atoms with Gasteiger partial charge in [0.05, 0.1) is 0 Å². The Morgan fingerprint density at radius 3 is 1.93 bits per heavy atom. The van der Waals surface area contributed by atoms with Gasteiger partial charge in [0.2, 0.25) is 11.6 Å². The Morgan fingerprint density at radius 2 is 1.38 bits per heavy atom. The molecule has 29 heavy (non-hydrogen) atoms. The van der Waals surface area contributed by atoms with Crippen LogP contribution in [0.25, 0.3) is 0 Å². The second-order valence-electron chi connectivity index (χ2n) is 6.72. The van der Waals surface area contributed by atoms with Gasteiger partial charge in [0.25, 0.3) is 5.91 Å². The zero-order chi connectivity index (χ0) is 20.4. The summed E-state index contributed by atoms with van der Waals surface area (Å²) in [4.78, 5) is 37.7. The molecule has 1 aliphatic carbocycles. The first-order chi connectivity index (χ1) is 14.0. The molecule has 6 nitrogen and oxygen atoms in total. The van der Waals surface area contributed by atoms with Crippen molar-refractivity contribution in [2.24, 2.45) is 5.73 Å². The highest BCUT2D eigenvalue weighted by Crippen LogP contribution is 2.40. The Kier molecular flexibility index (Phi) is 4.60. The molecular formula is C23H18N2O4. The minimum atomic E-state index is -1.54. The largest absolute Gasteiger partial charge is 0.484 e. The number of amides is 1. The summed E-state index contributed by atoms with van der Waals surface area (Å²) in [6, 6.07) is 22.4. The van der Waals surface area contributed by atoms with E-state index in [-0.39, 0.29) is 18.2 Å². The number of Topliss-reactive ketones (excluding diaryl/α,β-unsaturated/α-hetero) is 2. The lowest BCUT2D eigenvalue weighted by Gasteiger charge is -2.29. The Bertz CT molecular complexity index is 1060. The van der Waals surface area contributed by atoms with Gasteiger partial charge in [-0.25, -0.2) is 0 Å². The summed E-state index contributed by atoms with van der Waals surface area (Å²) in [5.41, 5.74) is 5.47. The molecule has 0 aliphatic heterocycles. The molecule has 6 heteroatoms. The fraction of sp³-hybridized carbons (Fsp3) is 0.0870. The van der Waals surface area contributed by atoms with Crippen molar-refractivity contribution in [3.8, 4) is 5.75 Å². The molecule has 0 atom stereocenters. The van der Waals surface area contributed by atoms with Crippen molar-refractivity contribution in [2.45, 2.75) is 5.54 Å². The summed E-state index contributed by atoms with van der Waals surface area (Å²) >= 11 is 0. The Labute approximate surface area is 167 Å². The molecule has 0 aromatic heterocycles. The van der Waals surface area contributed by atoms with Gasteiger partial charge in [-0.1, -0.05) is 54.6 Å². The maximum absolute atomic E-state index is 13.4. The molecule has 0 bridgehead atoms. The van der Waals surface area contributed by atoms with Crippen LogP contribution in [-0.2, 0) is 10.3 Å². The van der Waals surface area contributed by atoms with Gasteiger partial charge in [-0.05, 0) is 29.8 Å². The van der Waals surface area contributed by atoms with Gasteiger partial charge in [0, 0.05) is 16.8 Å². The predicted octanol–water partition coefficient (Wildman–Crippen LogP) is 2.94. The third-order valence-corrected chi connectivity index (χ3v) is 4.87. The fourth-order valence-electron chi connectivity index (χ4n) is 3.53. The molecule has 0 fully saturated rings. The second kappa shape index (κ2) is 7.24. The third kappa shape index (κ3) is 3.14. The summed E-state index contributed by atoms with van der Waals surface area (Å²) in [6.45, 7) is -0.229. The van der Waals surface area contributed by atoms with Crippen molar-refractivity contribution in [3.63, 3.8) is 0 Å². The molecule has 1 amide bonds. The lowest BCUT2D eigenvalue weighted by Crippen LogP contribution is -2.46. The summed E-state index contributed by atoms with van der Waals surface area (Å²) in [6.07, 6.45) is 0.